The van der Waals surface area contributed by atoms with Gasteiger partial charge in [-0.1, -0.05) is 12.1 Å². The van der Waals surface area contributed by atoms with Gasteiger partial charge in [0.25, 0.3) is 0 Å². The highest BCUT2D eigenvalue weighted by Crippen LogP contribution is 2.25. The maximum atomic E-state index is 14.1. The van der Waals surface area contributed by atoms with Gasteiger partial charge >= 0.3 is 6.09 Å². The summed E-state index contributed by atoms with van der Waals surface area (Å²) in [4.78, 5) is 35.1. The Morgan fingerprint density at radius 2 is 2.03 bits per heavy atom. The van der Waals surface area contributed by atoms with Gasteiger partial charge in [0.1, 0.15) is 23.9 Å². The van der Waals surface area contributed by atoms with E-state index in [-0.39, 0.29) is 19.7 Å². The molecule has 2 aromatic rings. The van der Waals surface area contributed by atoms with Crippen molar-refractivity contribution >= 4 is 18.3 Å². The molecule has 2 aromatic carbocycles. The molecule has 0 fully saturated rings. The van der Waals surface area contributed by atoms with Crippen molar-refractivity contribution in [1.82, 2.24) is 10.2 Å². The van der Waals surface area contributed by atoms with Crippen molar-refractivity contribution in [2.75, 3.05) is 20.7 Å². The van der Waals surface area contributed by atoms with E-state index < -0.39 is 17.8 Å². The minimum absolute atomic E-state index is 0.0750. The van der Waals surface area contributed by atoms with Crippen molar-refractivity contribution in [3.63, 3.8) is 0 Å². The molecule has 29 heavy (non-hydrogen) atoms. The molecule has 0 saturated heterocycles. The number of hydrogen-bond acceptors (Lipinski definition) is 6. The van der Waals surface area contributed by atoms with Crippen LogP contribution in [0, 0.1) is 5.82 Å². The molecule has 0 spiro atoms. The van der Waals surface area contributed by atoms with E-state index in [0.717, 1.165) is 0 Å². The molecule has 2 N–H and O–H groups in total. The van der Waals surface area contributed by atoms with Crippen molar-refractivity contribution in [2.24, 2.45) is 0 Å². The summed E-state index contributed by atoms with van der Waals surface area (Å²) in [7, 11) is 3.03. The molecule has 0 saturated carbocycles. The average molecular weight is 404 g/mol. The smallest absolute Gasteiger partial charge is 0.411 e. The largest absolute Gasteiger partial charge is 0.497 e. The Bertz CT molecular complexity index is 903. The fourth-order valence-electron chi connectivity index (χ4n) is 2.65. The number of carbonyl (C=O) groups excluding carboxylic acids is 2. The zero-order valence-electron chi connectivity index (χ0n) is 16.0. The van der Waals surface area contributed by atoms with E-state index >= 15 is 0 Å². The zero-order chi connectivity index (χ0) is 21.4. The summed E-state index contributed by atoms with van der Waals surface area (Å²) in [6.45, 7) is -0.136. The molecule has 2 rings (SSSR count). The fraction of sp³-hybridized carbons (Fsp3) is 0.250. The van der Waals surface area contributed by atoms with E-state index in [9.17, 15) is 18.8 Å². The molecular weight excluding hydrogens is 383 g/mol. The first-order valence-electron chi connectivity index (χ1n) is 8.57. The van der Waals surface area contributed by atoms with Crippen molar-refractivity contribution in [3.8, 4) is 11.5 Å². The molecular formula is C20H21FN2O6. The van der Waals surface area contributed by atoms with E-state index in [2.05, 4.69) is 0 Å². The highest BCUT2D eigenvalue weighted by molar-refractivity contribution is 5.92. The van der Waals surface area contributed by atoms with Crippen LogP contribution in [0.1, 0.15) is 21.5 Å². The summed E-state index contributed by atoms with van der Waals surface area (Å²) in [6.07, 6.45) is -0.788. The number of aldehydes is 1. The van der Waals surface area contributed by atoms with Crippen LogP contribution in [0.3, 0.4) is 0 Å². The van der Waals surface area contributed by atoms with Crippen LogP contribution in [0.4, 0.5) is 9.18 Å². The highest BCUT2D eigenvalue weighted by atomic mass is 19.1. The SMILES string of the molecule is COc1ccc(COc2cccc(C=O)c2CN(C)CC(=O)NC(=O)O)c(F)c1. The molecule has 0 bridgehead atoms. The lowest BCUT2D eigenvalue weighted by Crippen LogP contribution is -2.37. The van der Waals surface area contributed by atoms with Gasteiger partial charge in [0.05, 0.1) is 13.7 Å². The molecule has 0 aromatic heterocycles. The van der Waals surface area contributed by atoms with Crippen LogP contribution in [-0.4, -0.2) is 49.0 Å². The monoisotopic (exact) mass is 404 g/mol. The minimum Gasteiger partial charge on any atom is -0.497 e. The number of halogens is 1. The van der Waals surface area contributed by atoms with E-state index in [1.165, 1.54) is 18.1 Å². The number of methoxy groups -OCH3 is 1. The molecule has 0 aliphatic heterocycles. The molecule has 0 heterocycles. The number of hydrogen-bond donors (Lipinski definition) is 2. The van der Waals surface area contributed by atoms with Gasteiger partial charge in [-0.05, 0) is 25.2 Å². The Balaban J connectivity index is 2.15. The second-order valence-corrected chi connectivity index (χ2v) is 6.21. The van der Waals surface area contributed by atoms with E-state index in [1.807, 2.05) is 0 Å². The Kier molecular flexibility index (Phi) is 7.67. The van der Waals surface area contributed by atoms with E-state index in [0.29, 0.717) is 34.5 Å². The Hall–Kier alpha value is -3.46. The lowest BCUT2D eigenvalue weighted by Gasteiger charge is -2.19. The highest BCUT2D eigenvalue weighted by Gasteiger charge is 2.16. The lowest BCUT2D eigenvalue weighted by atomic mass is 10.1. The Morgan fingerprint density at radius 3 is 2.66 bits per heavy atom. The number of likely N-dealkylation sites (N-methyl/N-ethyl adjacent to an activating group) is 1. The second kappa shape index (κ2) is 10.2. The second-order valence-electron chi connectivity index (χ2n) is 6.21. The van der Waals surface area contributed by atoms with Gasteiger partial charge in [-0.25, -0.2) is 9.18 Å². The predicted octanol–water partition coefficient (Wildman–Crippen LogP) is 2.45. The van der Waals surface area contributed by atoms with E-state index in [4.69, 9.17) is 14.6 Å². The van der Waals surface area contributed by atoms with Gasteiger partial charge < -0.3 is 14.6 Å². The third-order valence-corrected chi connectivity index (χ3v) is 4.03. The van der Waals surface area contributed by atoms with Gasteiger partial charge in [0.2, 0.25) is 5.91 Å². The minimum atomic E-state index is -1.44. The van der Waals surface area contributed by atoms with Crippen molar-refractivity contribution in [3.05, 3.63) is 58.9 Å². The molecule has 0 unspecified atom stereocenters. The first-order chi connectivity index (χ1) is 13.8. The molecule has 0 radical (unpaired) electrons. The van der Waals surface area contributed by atoms with Gasteiger partial charge in [-0.3, -0.25) is 19.8 Å². The van der Waals surface area contributed by atoms with Gasteiger partial charge in [0.15, 0.2) is 6.29 Å². The molecule has 0 atom stereocenters. The Morgan fingerprint density at radius 1 is 1.28 bits per heavy atom. The lowest BCUT2D eigenvalue weighted by molar-refractivity contribution is -0.121. The van der Waals surface area contributed by atoms with Crippen LogP contribution in [-0.2, 0) is 17.9 Å². The predicted molar refractivity (Wildman–Crippen MR) is 102 cm³/mol. The van der Waals surface area contributed by atoms with Crippen LogP contribution in [0.15, 0.2) is 36.4 Å². The van der Waals surface area contributed by atoms with E-state index in [1.54, 1.807) is 42.7 Å². The molecule has 9 heteroatoms. The number of ether oxygens (including phenoxy) is 2. The standard InChI is InChI=1S/C20H21FN2O6/c1-23(10-19(25)22-20(26)27)9-16-13(11-24)4-3-5-18(16)29-12-14-6-7-15(28-2)8-17(14)21/h3-8,11H,9-10,12H2,1-2H3,(H,22,25)(H,26,27). The number of carboxylic acid groups (broad SMARTS) is 1. The summed E-state index contributed by atoms with van der Waals surface area (Å²) in [5.74, 6) is -0.447. The Labute approximate surface area is 166 Å². The van der Waals surface area contributed by atoms with Gasteiger partial charge in [-0.2, -0.15) is 0 Å². The number of nitrogens with one attached hydrogen (secondary N) is 1. The summed E-state index contributed by atoms with van der Waals surface area (Å²) in [5, 5.41) is 10.3. The van der Waals surface area contributed by atoms with Crippen LogP contribution >= 0.6 is 0 Å². The maximum Gasteiger partial charge on any atom is 0.411 e. The summed E-state index contributed by atoms with van der Waals surface area (Å²) >= 11 is 0. The molecule has 0 aliphatic carbocycles. The number of benzene rings is 2. The number of imide groups is 1. The topological polar surface area (TPSA) is 105 Å². The molecule has 2 amide bonds. The van der Waals surface area contributed by atoms with Crippen LogP contribution in [0.25, 0.3) is 0 Å². The number of carbonyl (C=O) groups is 3. The summed E-state index contributed by atoms with van der Waals surface area (Å²) < 4.78 is 24.8. The zero-order valence-corrected chi connectivity index (χ0v) is 16.0. The summed E-state index contributed by atoms with van der Waals surface area (Å²) in [5.41, 5.74) is 1.16. The quantitative estimate of drug-likeness (QED) is 0.619. The molecule has 8 nitrogen and oxygen atoms in total. The third-order valence-electron chi connectivity index (χ3n) is 4.03. The average Bonchev–Trinajstić information content (AvgIpc) is 2.66. The summed E-state index contributed by atoms with van der Waals surface area (Å²) in [6, 6.07) is 9.25. The van der Waals surface area contributed by atoms with Crippen molar-refractivity contribution in [1.29, 1.82) is 0 Å². The van der Waals surface area contributed by atoms with Crippen LogP contribution in [0.2, 0.25) is 0 Å². The molecule has 154 valence electrons. The van der Waals surface area contributed by atoms with Crippen molar-refractivity contribution < 1.29 is 33.4 Å². The maximum absolute atomic E-state index is 14.1. The third kappa shape index (κ3) is 6.28. The number of nitrogens with zero attached hydrogens (tertiary/aromatic N) is 1. The van der Waals surface area contributed by atoms with Gasteiger partial charge in [0, 0.05) is 29.3 Å². The van der Waals surface area contributed by atoms with Crippen LogP contribution < -0.4 is 14.8 Å². The molecule has 0 aliphatic rings. The van der Waals surface area contributed by atoms with Gasteiger partial charge in [-0.15, -0.1) is 0 Å². The first kappa shape index (κ1) is 21.8. The number of amides is 2. The normalized spacial score (nSPS) is 10.5. The van der Waals surface area contributed by atoms with Crippen LogP contribution in [0.5, 0.6) is 11.5 Å². The first-order valence-corrected chi connectivity index (χ1v) is 8.57. The number of rotatable bonds is 9. The fourth-order valence-corrected chi connectivity index (χ4v) is 2.65. The van der Waals surface area contributed by atoms with Crippen molar-refractivity contribution in [2.45, 2.75) is 13.2 Å².